The summed E-state index contributed by atoms with van der Waals surface area (Å²) in [5.74, 6) is 0.0554. The Balaban J connectivity index is 2.43. The van der Waals surface area contributed by atoms with Crippen molar-refractivity contribution < 1.29 is 27.5 Å². The lowest BCUT2D eigenvalue weighted by Crippen LogP contribution is -2.52. The zero-order chi connectivity index (χ0) is 26.3. The summed E-state index contributed by atoms with van der Waals surface area (Å²) >= 11 is 6.19. The zero-order valence-corrected chi connectivity index (χ0v) is 22.3. The number of ether oxygens (including phenoxy) is 2. The minimum absolute atomic E-state index is 0.0731. The smallest absolute Gasteiger partial charge is 0.244 e. The molecule has 0 fully saturated rings. The van der Waals surface area contributed by atoms with E-state index >= 15 is 0 Å². The van der Waals surface area contributed by atoms with Gasteiger partial charge in [0, 0.05) is 12.6 Å². The second kappa shape index (κ2) is 12.1. The van der Waals surface area contributed by atoms with Crippen LogP contribution in [0.25, 0.3) is 0 Å². The number of hydrogen-bond donors (Lipinski definition) is 1. The summed E-state index contributed by atoms with van der Waals surface area (Å²) in [5, 5.41) is 3.00. The van der Waals surface area contributed by atoms with E-state index in [0.717, 1.165) is 16.1 Å². The highest BCUT2D eigenvalue weighted by atomic mass is 35.5. The first-order valence-corrected chi connectivity index (χ1v) is 13.1. The molecule has 9 nitrogen and oxygen atoms in total. The Morgan fingerprint density at radius 2 is 1.74 bits per heavy atom. The van der Waals surface area contributed by atoms with E-state index in [1.54, 1.807) is 31.2 Å². The zero-order valence-electron chi connectivity index (χ0n) is 20.7. The fourth-order valence-corrected chi connectivity index (χ4v) is 4.47. The van der Waals surface area contributed by atoms with Crippen LogP contribution in [0.2, 0.25) is 5.02 Å². The Hall–Kier alpha value is -2.98. The van der Waals surface area contributed by atoms with Crippen molar-refractivity contribution in [2.24, 2.45) is 0 Å². The van der Waals surface area contributed by atoms with Crippen molar-refractivity contribution in [1.29, 1.82) is 0 Å². The van der Waals surface area contributed by atoms with Gasteiger partial charge in [-0.2, -0.15) is 0 Å². The Morgan fingerprint density at radius 3 is 2.29 bits per heavy atom. The van der Waals surface area contributed by atoms with Crippen molar-refractivity contribution in [2.75, 3.05) is 31.3 Å². The van der Waals surface area contributed by atoms with E-state index in [2.05, 4.69) is 5.32 Å². The quantitative estimate of drug-likeness (QED) is 0.483. The van der Waals surface area contributed by atoms with Crippen LogP contribution in [0.3, 0.4) is 0 Å². The van der Waals surface area contributed by atoms with Gasteiger partial charge in [0.2, 0.25) is 21.8 Å². The van der Waals surface area contributed by atoms with E-state index in [9.17, 15) is 18.0 Å². The number of anilines is 1. The monoisotopic (exact) mass is 525 g/mol. The van der Waals surface area contributed by atoms with Gasteiger partial charge >= 0.3 is 0 Å². The molecule has 2 rings (SSSR count). The largest absolute Gasteiger partial charge is 0.497 e. The van der Waals surface area contributed by atoms with Crippen molar-refractivity contribution in [1.82, 2.24) is 10.2 Å². The van der Waals surface area contributed by atoms with Gasteiger partial charge < -0.3 is 19.7 Å². The van der Waals surface area contributed by atoms with Gasteiger partial charge in [0.1, 0.15) is 24.1 Å². The van der Waals surface area contributed by atoms with Crippen LogP contribution in [0.4, 0.5) is 5.69 Å². The third-order valence-corrected chi connectivity index (χ3v) is 6.62. The number of halogens is 1. The third kappa shape index (κ3) is 7.76. The number of sulfonamides is 1. The average molecular weight is 526 g/mol. The van der Waals surface area contributed by atoms with Gasteiger partial charge in [-0.15, -0.1) is 0 Å². The number of nitrogens with zero attached hydrogens (tertiary/aromatic N) is 2. The molecular formula is C24H32ClN3O6S. The van der Waals surface area contributed by atoms with Gasteiger partial charge in [0.25, 0.3) is 0 Å². The Kier molecular flexibility index (Phi) is 9.79. The van der Waals surface area contributed by atoms with E-state index in [1.165, 1.54) is 37.3 Å². The molecule has 0 radical (unpaired) electrons. The molecule has 0 saturated carbocycles. The molecule has 0 saturated heterocycles. The Labute approximate surface area is 212 Å². The molecule has 0 spiro atoms. The molecule has 11 heteroatoms. The molecule has 2 aromatic rings. The lowest BCUT2D eigenvalue weighted by molar-refractivity contribution is -0.139. The molecule has 1 atom stereocenters. The third-order valence-electron chi connectivity index (χ3n) is 5.19. The molecule has 0 heterocycles. The topological polar surface area (TPSA) is 105 Å². The van der Waals surface area contributed by atoms with Gasteiger partial charge in [0.15, 0.2) is 0 Å². The lowest BCUT2D eigenvalue weighted by Gasteiger charge is -2.32. The molecule has 35 heavy (non-hydrogen) atoms. The van der Waals surface area contributed by atoms with Crippen LogP contribution in [0.1, 0.15) is 26.3 Å². The van der Waals surface area contributed by atoms with Gasteiger partial charge in [-0.25, -0.2) is 8.42 Å². The fourth-order valence-electron chi connectivity index (χ4n) is 3.38. The fraction of sp³-hybridized carbons (Fsp3) is 0.417. The van der Waals surface area contributed by atoms with Crippen LogP contribution < -0.4 is 19.1 Å². The van der Waals surface area contributed by atoms with Crippen molar-refractivity contribution in [3.63, 3.8) is 0 Å². The maximum Gasteiger partial charge on any atom is 0.244 e. The van der Waals surface area contributed by atoms with E-state index in [4.69, 9.17) is 21.1 Å². The number of carbonyl (C=O) groups is 2. The van der Waals surface area contributed by atoms with E-state index in [0.29, 0.717) is 11.5 Å². The Bertz CT molecular complexity index is 1160. The Morgan fingerprint density at radius 1 is 1.06 bits per heavy atom. The predicted octanol–water partition coefficient (Wildman–Crippen LogP) is 3.07. The standard InChI is InChI=1S/C24H32ClN3O6S/c1-16(2)26-24(30)17(3)27(14-18-8-7-9-20(12-18)33-4)23(29)15-28(35(6,31)32)19-10-11-22(34-5)21(25)13-19/h7-13,16-17H,14-15H2,1-6H3,(H,26,30). The molecule has 2 amide bonds. The van der Waals surface area contributed by atoms with E-state index in [-0.39, 0.29) is 29.2 Å². The first kappa shape index (κ1) is 28.3. The van der Waals surface area contributed by atoms with Gasteiger partial charge in [-0.3, -0.25) is 13.9 Å². The van der Waals surface area contributed by atoms with Gasteiger partial charge in [-0.1, -0.05) is 23.7 Å². The highest BCUT2D eigenvalue weighted by molar-refractivity contribution is 7.92. The minimum Gasteiger partial charge on any atom is -0.497 e. The summed E-state index contributed by atoms with van der Waals surface area (Å²) in [5.41, 5.74) is 0.924. The number of nitrogens with one attached hydrogen (secondary N) is 1. The number of carbonyl (C=O) groups excluding carboxylic acids is 2. The maximum absolute atomic E-state index is 13.5. The summed E-state index contributed by atoms with van der Waals surface area (Å²) in [4.78, 5) is 27.7. The summed E-state index contributed by atoms with van der Waals surface area (Å²) in [6.07, 6.45) is 1.000. The van der Waals surface area contributed by atoms with Crippen molar-refractivity contribution in [2.45, 2.75) is 39.4 Å². The molecule has 192 valence electrons. The van der Waals surface area contributed by atoms with E-state index in [1.807, 2.05) is 13.8 Å². The highest BCUT2D eigenvalue weighted by Gasteiger charge is 2.30. The number of methoxy groups -OCH3 is 2. The molecule has 2 aromatic carbocycles. The second-order valence-electron chi connectivity index (χ2n) is 8.30. The van der Waals surface area contributed by atoms with Crippen molar-refractivity contribution in [3.8, 4) is 11.5 Å². The minimum atomic E-state index is -3.87. The first-order valence-electron chi connectivity index (χ1n) is 10.9. The predicted molar refractivity (Wildman–Crippen MR) is 136 cm³/mol. The molecule has 1 unspecified atom stereocenters. The van der Waals surface area contributed by atoms with Crippen LogP contribution in [0, 0.1) is 0 Å². The maximum atomic E-state index is 13.5. The van der Waals surface area contributed by atoms with E-state index < -0.39 is 28.5 Å². The lowest BCUT2D eigenvalue weighted by atomic mass is 10.1. The molecular weight excluding hydrogens is 494 g/mol. The van der Waals surface area contributed by atoms with Crippen LogP contribution in [0.15, 0.2) is 42.5 Å². The van der Waals surface area contributed by atoms with Crippen LogP contribution >= 0.6 is 11.6 Å². The van der Waals surface area contributed by atoms with Crippen molar-refractivity contribution >= 4 is 39.1 Å². The number of rotatable bonds is 11. The first-order chi connectivity index (χ1) is 16.4. The van der Waals surface area contributed by atoms with Crippen LogP contribution in [-0.2, 0) is 26.2 Å². The van der Waals surface area contributed by atoms with Crippen LogP contribution in [-0.4, -0.2) is 64.2 Å². The average Bonchev–Trinajstić information content (AvgIpc) is 2.79. The summed E-state index contributed by atoms with van der Waals surface area (Å²) in [7, 11) is -0.890. The molecule has 0 aliphatic carbocycles. The molecule has 0 bridgehead atoms. The highest BCUT2D eigenvalue weighted by Crippen LogP contribution is 2.30. The summed E-state index contributed by atoms with van der Waals surface area (Å²) < 4.78 is 36.6. The molecule has 0 aliphatic heterocycles. The van der Waals surface area contributed by atoms with Crippen molar-refractivity contribution in [3.05, 3.63) is 53.1 Å². The van der Waals surface area contributed by atoms with Gasteiger partial charge in [0.05, 0.1) is 31.2 Å². The number of benzene rings is 2. The molecule has 0 aromatic heterocycles. The normalized spacial score (nSPS) is 12.1. The number of amides is 2. The second-order valence-corrected chi connectivity index (χ2v) is 10.6. The SMILES string of the molecule is COc1cccc(CN(C(=O)CN(c2ccc(OC)c(Cl)c2)S(C)(=O)=O)C(C)C(=O)NC(C)C)c1. The van der Waals surface area contributed by atoms with Crippen LogP contribution in [0.5, 0.6) is 11.5 Å². The summed E-state index contributed by atoms with van der Waals surface area (Å²) in [6, 6.07) is 10.5. The number of hydrogen-bond acceptors (Lipinski definition) is 6. The molecule has 1 N–H and O–H groups in total. The van der Waals surface area contributed by atoms with Gasteiger partial charge in [-0.05, 0) is 56.7 Å². The summed E-state index contributed by atoms with van der Waals surface area (Å²) in [6.45, 7) is 4.79. The molecule has 0 aliphatic rings.